The predicted octanol–water partition coefficient (Wildman–Crippen LogP) is 4.47. The van der Waals surface area contributed by atoms with Crippen LogP contribution in [0.4, 0.5) is 5.69 Å². The van der Waals surface area contributed by atoms with Gasteiger partial charge in [0.05, 0.1) is 31.1 Å². The lowest BCUT2D eigenvalue weighted by atomic mass is 9.62. The fourth-order valence-electron chi connectivity index (χ4n) is 5.22. The maximum absolute atomic E-state index is 13.3. The van der Waals surface area contributed by atoms with Gasteiger partial charge in [-0.3, -0.25) is 24.5 Å². The Morgan fingerprint density at radius 1 is 0.941 bits per heavy atom. The molecule has 0 heterocycles. The number of nitro groups is 1. The summed E-state index contributed by atoms with van der Waals surface area (Å²) in [5.74, 6) is -3.90. The zero-order valence-electron chi connectivity index (χ0n) is 20.4. The third kappa shape index (κ3) is 4.69. The van der Waals surface area contributed by atoms with E-state index in [4.69, 9.17) is 9.47 Å². The fraction of sp³-hybridized carbons (Fsp3) is 0.560. The molecule has 0 saturated heterocycles. The summed E-state index contributed by atoms with van der Waals surface area (Å²) in [5.41, 5.74) is -1.66. The number of carbonyl (C=O) groups is 3. The second-order valence-electron chi connectivity index (χ2n) is 10.7. The van der Waals surface area contributed by atoms with E-state index in [0.29, 0.717) is 0 Å². The Bertz CT molecular complexity index is 1080. The van der Waals surface area contributed by atoms with Crippen molar-refractivity contribution >= 4 is 23.0 Å². The first-order valence-electron chi connectivity index (χ1n) is 11.1. The number of aliphatic hydroxyl groups is 1. The number of benzene rings is 1. The molecule has 0 bridgehead atoms. The number of hydrogen-bond donors (Lipinski definition) is 1. The van der Waals surface area contributed by atoms with E-state index in [-0.39, 0.29) is 54.1 Å². The molecule has 0 amide bonds. The molecule has 9 nitrogen and oxygen atoms in total. The summed E-state index contributed by atoms with van der Waals surface area (Å²) in [7, 11) is 2.68. The number of nitro benzene ring substituents is 1. The Balaban J connectivity index is 2.34. The van der Waals surface area contributed by atoms with Gasteiger partial charge in [-0.2, -0.15) is 0 Å². The molecule has 0 aliphatic heterocycles. The van der Waals surface area contributed by atoms with Crippen LogP contribution in [0.15, 0.2) is 23.5 Å². The molecule has 9 heteroatoms. The molecule has 1 aromatic rings. The molecule has 184 valence electrons. The third-order valence-electron chi connectivity index (χ3n) is 6.60. The first-order chi connectivity index (χ1) is 15.7. The normalized spacial score (nSPS) is 21.4. The zero-order chi connectivity index (χ0) is 25.6. The van der Waals surface area contributed by atoms with Gasteiger partial charge in [-0.05, 0) is 16.9 Å². The lowest BCUT2D eigenvalue weighted by Gasteiger charge is -2.38. The van der Waals surface area contributed by atoms with Crippen molar-refractivity contribution in [3.8, 4) is 11.5 Å². The van der Waals surface area contributed by atoms with Crippen LogP contribution in [-0.4, -0.2) is 41.6 Å². The molecule has 1 fully saturated rings. The summed E-state index contributed by atoms with van der Waals surface area (Å²) >= 11 is 0. The highest BCUT2D eigenvalue weighted by Gasteiger charge is 2.50. The quantitative estimate of drug-likeness (QED) is 0.363. The minimum atomic E-state index is -1.33. The highest BCUT2D eigenvalue weighted by molar-refractivity contribution is 6.09. The van der Waals surface area contributed by atoms with Gasteiger partial charge in [-0.15, -0.1) is 0 Å². The van der Waals surface area contributed by atoms with Crippen LogP contribution < -0.4 is 9.47 Å². The number of allylic oxidation sites excluding steroid dienone is 2. The monoisotopic (exact) mass is 473 g/mol. The van der Waals surface area contributed by atoms with Gasteiger partial charge in [0, 0.05) is 42.7 Å². The first-order valence-corrected chi connectivity index (χ1v) is 11.1. The van der Waals surface area contributed by atoms with Crippen molar-refractivity contribution < 1.29 is 33.9 Å². The topological polar surface area (TPSA) is 133 Å². The summed E-state index contributed by atoms with van der Waals surface area (Å²) in [6, 6.07) is 2.48. The molecule has 34 heavy (non-hydrogen) atoms. The Kier molecular flexibility index (Phi) is 6.61. The molecule has 3 rings (SSSR count). The molecule has 1 aromatic carbocycles. The number of Topliss-reactive ketones (excluding diaryl/α,β-unsaturated/α-hetero) is 3. The summed E-state index contributed by atoms with van der Waals surface area (Å²) in [6.07, 6.45) is 0.375. The lowest BCUT2D eigenvalue weighted by molar-refractivity contribution is -0.385. The number of aliphatic hydroxyl groups excluding tert-OH is 1. The highest BCUT2D eigenvalue weighted by Crippen LogP contribution is 2.50. The summed E-state index contributed by atoms with van der Waals surface area (Å²) in [5, 5.41) is 23.0. The van der Waals surface area contributed by atoms with Crippen molar-refractivity contribution in [1.29, 1.82) is 0 Å². The molecule has 0 aromatic heterocycles. The Morgan fingerprint density at radius 2 is 1.44 bits per heavy atom. The van der Waals surface area contributed by atoms with E-state index in [0.717, 1.165) is 6.07 Å². The van der Waals surface area contributed by atoms with E-state index in [9.17, 15) is 29.6 Å². The molecule has 0 radical (unpaired) electrons. The van der Waals surface area contributed by atoms with E-state index >= 15 is 0 Å². The molecule has 0 spiro atoms. The molecule has 1 N–H and O–H groups in total. The van der Waals surface area contributed by atoms with E-state index in [1.165, 1.54) is 20.3 Å². The fourth-order valence-corrected chi connectivity index (χ4v) is 5.22. The number of hydrogen-bond acceptors (Lipinski definition) is 8. The van der Waals surface area contributed by atoms with Crippen LogP contribution in [0.2, 0.25) is 0 Å². The van der Waals surface area contributed by atoms with Gasteiger partial charge >= 0.3 is 0 Å². The van der Waals surface area contributed by atoms with Crippen LogP contribution in [0, 0.1) is 26.9 Å². The van der Waals surface area contributed by atoms with E-state index in [1.807, 2.05) is 13.8 Å². The summed E-state index contributed by atoms with van der Waals surface area (Å²) < 4.78 is 10.5. The van der Waals surface area contributed by atoms with E-state index in [2.05, 4.69) is 0 Å². The maximum atomic E-state index is 13.3. The lowest BCUT2D eigenvalue weighted by Crippen LogP contribution is -2.43. The average molecular weight is 474 g/mol. The van der Waals surface area contributed by atoms with Crippen LogP contribution in [0.5, 0.6) is 11.5 Å². The van der Waals surface area contributed by atoms with Gasteiger partial charge in [-0.25, -0.2) is 0 Å². The minimum absolute atomic E-state index is 0.0383. The van der Waals surface area contributed by atoms with Gasteiger partial charge in [0.1, 0.15) is 17.3 Å². The van der Waals surface area contributed by atoms with E-state index < -0.39 is 50.6 Å². The maximum Gasteiger partial charge on any atom is 0.277 e. The molecule has 2 aliphatic carbocycles. The van der Waals surface area contributed by atoms with Crippen molar-refractivity contribution in [2.24, 2.45) is 16.7 Å². The van der Waals surface area contributed by atoms with Crippen LogP contribution in [0.3, 0.4) is 0 Å². The van der Waals surface area contributed by atoms with Gasteiger partial charge in [0.2, 0.25) is 0 Å². The molecule has 1 saturated carbocycles. The Morgan fingerprint density at radius 3 is 1.91 bits per heavy atom. The predicted molar refractivity (Wildman–Crippen MR) is 123 cm³/mol. The van der Waals surface area contributed by atoms with Crippen molar-refractivity contribution in [1.82, 2.24) is 0 Å². The number of methoxy groups -OCH3 is 2. The molecule has 0 unspecified atom stereocenters. The molecular formula is C25H31NO8. The smallest absolute Gasteiger partial charge is 0.277 e. The van der Waals surface area contributed by atoms with E-state index in [1.54, 1.807) is 13.8 Å². The van der Waals surface area contributed by atoms with Gasteiger partial charge < -0.3 is 14.6 Å². The van der Waals surface area contributed by atoms with Gasteiger partial charge in [0.15, 0.2) is 17.3 Å². The highest BCUT2D eigenvalue weighted by atomic mass is 16.6. The molecule has 2 aliphatic rings. The Labute approximate surface area is 198 Å². The number of rotatable bonds is 6. The second-order valence-corrected chi connectivity index (χ2v) is 10.7. The largest absolute Gasteiger partial charge is 0.512 e. The van der Waals surface area contributed by atoms with Gasteiger partial charge in [0.25, 0.3) is 5.69 Å². The van der Waals surface area contributed by atoms with Crippen LogP contribution in [-0.2, 0) is 14.4 Å². The van der Waals surface area contributed by atoms with Crippen molar-refractivity contribution in [3.05, 3.63) is 39.1 Å². The summed E-state index contributed by atoms with van der Waals surface area (Å²) in [4.78, 5) is 51.4. The zero-order valence-corrected chi connectivity index (χ0v) is 20.4. The van der Waals surface area contributed by atoms with Crippen molar-refractivity contribution in [3.63, 3.8) is 0 Å². The van der Waals surface area contributed by atoms with Crippen LogP contribution in [0.1, 0.15) is 64.9 Å². The minimum Gasteiger partial charge on any atom is -0.512 e. The number of nitrogens with zero attached hydrogens (tertiary/aromatic N) is 1. The number of ether oxygens (including phenoxy) is 2. The average Bonchev–Trinajstić information content (AvgIpc) is 2.68. The third-order valence-corrected chi connectivity index (χ3v) is 6.60. The molecular weight excluding hydrogens is 442 g/mol. The van der Waals surface area contributed by atoms with Crippen LogP contribution in [0.25, 0.3) is 0 Å². The summed E-state index contributed by atoms with van der Waals surface area (Å²) in [6.45, 7) is 7.26. The van der Waals surface area contributed by atoms with Crippen LogP contribution >= 0.6 is 0 Å². The Hall–Kier alpha value is -3.23. The number of carbonyl (C=O) groups excluding carboxylic acids is 3. The molecule has 1 atom stereocenters. The van der Waals surface area contributed by atoms with Crippen molar-refractivity contribution in [2.45, 2.75) is 59.3 Å². The second kappa shape index (κ2) is 8.85. The standard InChI is InChI=1S/C25H31NO8/c1-24(2)9-15(27)22(16(28)10-24)21(23-17(29)11-25(3,4)12-18(23)30)13-7-19(33-5)20(34-6)8-14(13)26(31)32/h7-8,21-22,29H,9-12H2,1-6H3/t21-/m0/s1. The van der Waals surface area contributed by atoms with Gasteiger partial charge in [-0.1, -0.05) is 27.7 Å². The number of ketones is 3. The SMILES string of the molecule is COc1cc([C@H](C2=C(O)CC(C)(C)CC2=O)C2C(=O)CC(C)(C)CC2=O)c([N+](=O)[O-])cc1OC. The van der Waals surface area contributed by atoms with Crippen molar-refractivity contribution in [2.75, 3.05) is 14.2 Å². The first kappa shape index (κ1) is 25.4.